The van der Waals surface area contributed by atoms with Gasteiger partial charge in [-0.05, 0) is 43.0 Å². The van der Waals surface area contributed by atoms with E-state index in [1.807, 2.05) is 6.07 Å². The molecule has 0 aliphatic carbocycles. The minimum absolute atomic E-state index is 0.273. The van der Waals surface area contributed by atoms with Crippen LogP contribution in [0.4, 0.5) is 0 Å². The van der Waals surface area contributed by atoms with Gasteiger partial charge in [0.1, 0.15) is 5.75 Å². The molecule has 1 aromatic rings. The molecule has 0 bridgehead atoms. The second kappa shape index (κ2) is 9.91. The largest absolute Gasteiger partial charge is 0.494 e. The summed E-state index contributed by atoms with van der Waals surface area (Å²) < 4.78 is 5.88. The Kier molecular flexibility index (Phi) is 7.86. The number of piperazine rings is 1. The molecule has 130 valence electrons. The van der Waals surface area contributed by atoms with Crippen LogP contribution < -0.4 is 4.74 Å². The van der Waals surface area contributed by atoms with Crippen LogP contribution in [0.25, 0.3) is 0 Å². The molecule has 1 N–H and O–H groups in total. The highest BCUT2D eigenvalue weighted by molar-refractivity contribution is 5.30. The summed E-state index contributed by atoms with van der Waals surface area (Å²) in [5, 5.41) is 8.96. The van der Waals surface area contributed by atoms with Crippen molar-refractivity contribution in [3.63, 3.8) is 0 Å². The average molecular weight is 320 g/mol. The molecule has 23 heavy (non-hydrogen) atoms. The number of nitrogens with zero attached hydrogens (tertiary/aromatic N) is 2. The molecule has 1 fully saturated rings. The number of ether oxygens (including phenoxy) is 1. The molecule has 0 spiro atoms. The molecule has 1 saturated heterocycles. The van der Waals surface area contributed by atoms with E-state index in [0.717, 1.165) is 58.0 Å². The number of aliphatic hydroxyl groups is 1. The van der Waals surface area contributed by atoms with E-state index < -0.39 is 0 Å². The average Bonchev–Trinajstić information content (AvgIpc) is 2.56. The zero-order valence-electron chi connectivity index (χ0n) is 14.7. The maximum atomic E-state index is 8.96. The lowest BCUT2D eigenvalue weighted by Crippen LogP contribution is -2.47. The fraction of sp³-hybridized carbons (Fsp3) is 0.684. The molecule has 1 aromatic carbocycles. The third-order valence-corrected chi connectivity index (χ3v) is 4.54. The third kappa shape index (κ3) is 6.50. The summed E-state index contributed by atoms with van der Waals surface area (Å²) >= 11 is 0. The molecule has 1 aliphatic rings. The van der Waals surface area contributed by atoms with Crippen molar-refractivity contribution in [2.75, 3.05) is 52.5 Å². The van der Waals surface area contributed by atoms with Crippen LogP contribution >= 0.6 is 0 Å². The van der Waals surface area contributed by atoms with E-state index in [1.54, 1.807) is 0 Å². The molecule has 0 unspecified atom stereocenters. The minimum Gasteiger partial charge on any atom is -0.494 e. The van der Waals surface area contributed by atoms with Gasteiger partial charge in [0.15, 0.2) is 0 Å². The van der Waals surface area contributed by atoms with Crippen molar-refractivity contribution >= 4 is 0 Å². The SMILES string of the molecule is CC(C)c1cccc(OCCCCN2CCN(CCO)CC2)c1. The smallest absolute Gasteiger partial charge is 0.119 e. The summed E-state index contributed by atoms with van der Waals surface area (Å²) in [6.07, 6.45) is 2.28. The lowest BCUT2D eigenvalue weighted by atomic mass is 10.0. The van der Waals surface area contributed by atoms with Crippen molar-refractivity contribution < 1.29 is 9.84 Å². The van der Waals surface area contributed by atoms with Gasteiger partial charge in [-0.2, -0.15) is 0 Å². The zero-order valence-corrected chi connectivity index (χ0v) is 14.7. The summed E-state index contributed by atoms with van der Waals surface area (Å²) in [7, 11) is 0. The van der Waals surface area contributed by atoms with E-state index in [-0.39, 0.29) is 6.61 Å². The first-order valence-electron chi connectivity index (χ1n) is 8.97. The summed E-state index contributed by atoms with van der Waals surface area (Å²) in [6, 6.07) is 8.45. The molecule has 2 rings (SSSR count). The number of aliphatic hydroxyl groups excluding tert-OH is 1. The van der Waals surface area contributed by atoms with Crippen LogP contribution in [0.1, 0.15) is 38.2 Å². The first kappa shape index (κ1) is 18.2. The van der Waals surface area contributed by atoms with E-state index in [0.29, 0.717) is 5.92 Å². The number of β-amino-alcohol motifs (C(OH)–C–C–N with tert-alkyl or cyclic N) is 1. The molecule has 1 aliphatic heterocycles. The Morgan fingerprint density at radius 2 is 1.74 bits per heavy atom. The van der Waals surface area contributed by atoms with Crippen molar-refractivity contribution in [2.45, 2.75) is 32.6 Å². The fourth-order valence-corrected chi connectivity index (χ4v) is 2.97. The van der Waals surface area contributed by atoms with Crippen molar-refractivity contribution in [1.82, 2.24) is 9.80 Å². The van der Waals surface area contributed by atoms with Crippen molar-refractivity contribution in [1.29, 1.82) is 0 Å². The second-order valence-electron chi connectivity index (χ2n) is 6.69. The van der Waals surface area contributed by atoms with E-state index in [9.17, 15) is 0 Å². The lowest BCUT2D eigenvalue weighted by molar-refractivity contribution is 0.110. The van der Waals surface area contributed by atoms with Crippen molar-refractivity contribution in [3.8, 4) is 5.75 Å². The van der Waals surface area contributed by atoms with E-state index in [1.165, 1.54) is 12.0 Å². The van der Waals surface area contributed by atoms with Gasteiger partial charge in [0.25, 0.3) is 0 Å². The van der Waals surface area contributed by atoms with Gasteiger partial charge in [-0.15, -0.1) is 0 Å². The fourth-order valence-electron chi connectivity index (χ4n) is 2.97. The Labute approximate surface area is 141 Å². The molecule has 4 nitrogen and oxygen atoms in total. The highest BCUT2D eigenvalue weighted by Crippen LogP contribution is 2.20. The van der Waals surface area contributed by atoms with Gasteiger partial charge in [-0.1, -0.05) is 26.0 Å². The van der Waals surface area contributed by atoms with E-state index in [2.05, 4.69) is 41.8 Å². The third-order valence-electron chi connectivity index (χ3n) is 4.54. The van der Waals surface area contributed by atoms with Gasteiger partial charge in [-0.25, -0.2) is 0 Å². The molecular formula is C19H32N2O2. The molecular weight excluding hydrogens is 288 g/mol. The quantitative estimate of drug-likeness (QED) is 0.710. The van der Waals surface area contributed by atoms with E-state index in [4.69, 9.17) is 9.84 Å². The Morgan fingerprint density at radius 1 is 1.04 bits per heavy atom. The molecule has 0 aromatic heterocycles. The molecule has 0 atom stereocenters. The van der Waals surface area contributed by atoms with Gasteiger partial charge < -0.3 is 14.7 Å². The maximum Gasteiger partial charge on any atom is 0.119 e. The van der Waals surface area contributed by atoms with Gasteiger partial charge in [0.2, 0.25) is 0 Å². The van der Waals surface area contributed by atoms with Crippen molar-refractivity contribution in [2.24, 2.45) is 0 Å². The number of unbranched alkanes of at least 4 members (excludes halogenated alkanes) is 1. The van der Waals surface area contributed by atoms with Crippen LogP contribution in [0.5, 0.6) is 5.75 Å². The van der Waals surface area contributed by atoms with Gasteiger partial charge in [-0.3, -0.25) is 4.90 Å². The summed E-state index contributed by atoms with van der Waals surface area (Å²) in [6.45, 7) is 11.9. The number of hydrogen-bond acceptors (Lipinski definition) is 4. The Hall–Kier alpha value is -1.10. The van der Waals surface area contributed by atoms with Gasteiger partial charge >= 0.3 is 0 Å². The minimum atomic E-state index is 0.273. The number of rotatable bonds is 9. The predicted molar refractivity (Wildman–Crippen MR) is 95.2 cm³/mol. The van der Waals surface area contributed by atoms with E-state index >= 15 is 0 Å². The Bertz CT molecular complexity index is 443. The first-order chi connectivity index (χ1) is 11.2. The van der Waals surface area contributed by atoms with Gasteiger partial charge in [0.05, 0.1) is 13.2 Å². The normalized spacial score (nSPS) is 16.9. The molecule has 0 saturated carbocycles. The highest BCUT2D eigenvalue weighted by atomic mass is 16.5. The lowest BCUT2D eigenvalue weighted by Gasteiger charge is -2.34. The van der Waals surface area contributed by atoms with Crippen LogP contribution in [0.2, 0.25) is 0 Å². The maximum absolute atomic E-state index is 8.96. The summed E-state index contributed by atoms with van der Waals surface area (Å²) in [5.74, 6) is 1.54. The summed E-state index contributed by atoms with van der Waals surface area (Å²) in [5.41, 5.74) is 1.34. The highest BCUT2D eigenvalue weighted by Gasteiger charge is 2.15. The topological polar surface area (TPSA) is 35.9 Å². The standard InChI is InChI=1S/C19H32N2O2/c1-17(2)18-6-5-7-19(16-18)23-15-4-3-8-20-9-11-21(12-10-20)13-14-22/h5-7,16-17,22H,3-4,8-15H2,1-2H3. The predicted octanol–water partition coefficient (Wildman–Crippen LogP) is 2.58. The second-order valence-corrected chi connectivity index (χ2v) is 6.69. The first-order valence-corrected chi connectivity index (χ1v) is 8.97. The van der Waals surface area contributed by atoms with Crippen LogP contribution in [0.3, 0.4) is 0 Å². The summed E-state index contributed by atoms with van der Waals surface area (Å²) in [4.78, 5) is 4.86. The number of hydrogen-bond donors (Lipinski definition) is 1. The molecule has 4 heteroatoms. The van der Waals surface area contributed by atoms with Crippen molar-refractivity contribution in [3.05, 3.63) is 29.8 Å². The number of benzene rings is 1. The monoisotopic (exact) mass is 320 g/mol. The van der Waals surface area contributed by atoms with Crippen LogP contribution in [0.15, 0.2) is 24.3 Å². The van der Waals surface area contributed by atoms with Crippen LogP contribution in [0, 0.1) is 0 Å². The van der Waals surface area contributed by atoms with Crippen LogP contribution in [-0.2, 0) is 0 Å². The van der Waals surface area contributed by atoms with Crippen LogP contribution in [-0.4, -0.2) is 67.4 Å². The molecule has 1 heterocycles. The molecule has 0 radical (unpaired) electrons. The Balaban J connectivity index is 1.57. The molecule has 0 amide bonds. The van der Waals surface area contributed by atoms with Gasteiger partial charge in [0, 0.05) is 32.7 Å². The zero-order chi connectivity index (χ0) is 16.5. The Morgan fingerprint density at radius 3 is 2.39 bits per heavy atom.